The summed E-state index contributed by atoms with van der Waals surface area (Å²) in [6.07, 6.45) is 0. The van der Waals surface area contributed by atoms with Gasteiger partial charge < -0.3 is 11.1 Å². The van der Waals surface area contributed by atoms with Crippen molar-refractivity contribution >= 4 is 33.0 Å². The molecule has 1 rings (SSSR count). The molecular formula is C9H14N4O2S2. The largest absolute Gasteiger partial charge is 0.388 e. The number of hydrogen-bond acceptors (Lipinski definition) is 5. The summed E-state index contributed by atoms with van der Waals surface area (Å²) >= 11 is 4.79. The minimum absolute atomic E-state index is 0.0253. The zero-order valence-corrected chi connectivity index (χ0v) is 10.9. The molecule has 0 unspecified atom stereocenters. The molecule has 0 fully saturated rings. The smallest absolute Gasteiger partial charge is 0.213 e. The van der Waals surface area contributed by atoms with E-state index in [1.54, 1.807) is 18.2 Å². The average molecular weight is 274 g/mol. The van der Waals surface area contributed by atoms with Gasteiger partial charge in [0.2, 0.25) is 10.0 Å². The van der Waals surface area contributed by atoms with Crippen LogP contribution in [0.3, 0.4) is 0 Å². The predicted molar refractivity (Wildman–Crippen MR) is 71.5 cm³/mol. The van der Waals surface area contributed by atoms with Gasteiger partial charge in [0.25, 0.3) is 0 Å². The van der Waals surface area contributed by atoms with Gasteiger partial charge in [0, 0.05) is 6.54 Å². The van der Waals surface area contributed by atoms with Crippen molar-refractivity contribution in [2.75, 3.05) is 24.7 Å². The number of thiocarbonyl (C=S) groups is 1. The van der Waals surface area contributed by atoms with E-state index in [-0.39, 0.29) is 17.3 Å². The third-order valence-corrected chi connectivity index (χ3v) is 3.56. The lowest BCUT2D eigenvalue weighted by Gasteiger charge is -2.07. The first-order valence-electron chi connectivity index (χ1n) is 4.86. The van der Waals surface area contributed by atoms with Gasteiger partial charge in [-0.2, -0.15) is 0 Å². The first-order valence-corrected chi connectivity index (χ1v) is 6.92. The van der Waals surface area contributed by atoms with Gasteiger partial charge in [-0.1, -0.05) is 18.3 Å². The Hall–Kier alpha value is -1.25. The maximum Gasteiger partial charge on any atom is 0.213 e. The number of nitrogens with one attached hydrogen (secondary N) is 2. The molecule has 0 radical (unpaired) electrons. The normalized spacial score (nSPS) is 11.1. The molecule has 0 atom stereocenters. The average Bonchev–Trinajstić information content (AvgIpc) is 2.29. The summed E-state index contributed by atoms with van der Waals surface area (Å²) in [4.78, 5) is 4.33. The van der Waals surface area contributed by atoms with E-state index in [1.165, 1.54) is 7.05 Å². The number of aromatic nitrogens is 1. The van der Waals surface area contributed by atoms with Crippen molar-refractivity contribution in [1.82, 2.24) is 9.71 Å². The second kappa shape index (κ2) is 5.89. The van der Waals surface area contributed by atoms with E-state index < -0.39 is 10.0 Å². The van der Waals surface area contributed by atoms with E-state index in [2.05, 4.69) is 15.0 Å². The van der Waals surface area contributed by atoms with Crippen LogP contribution in [0, 0.1) is 0 Å². The van der Waals surface area contributed by atoms with Gasteiger partial charge in [0.15, 0.2) is 0 Å². The molecule has 1 aromatic heterocycles. The van der Waals surface area contributed by atoms with Crippen molar-refractivity contribution in [3.05, 3.63) is 23.9 Å². The zero-order valence-electron chi connectivity index (χ0n) is 9.30. The van der Waals surface area contributed by atoms with E-state index in [4.69, 9.17) is 18.0 Å². The Labute approximate surface area is 106 Å². The summed E-state index contributed by atoms with van der Waals surface area (Å²) in [5.41, 5.74) is 5.94. The molecule has 0 amide bonds. The first-order chi connectivity index (χ1) is 7.94. The molecule has 0 aliphatic carbocycles. The number of nitrogens with two attached hydrogens (primary N) is 1. The standard InChI is InChI=1S/C9H14N4O2S2/c1-11-17(14,15)6-5-12-8-4-2-3-7(13-8)9(10)16/h2-4,11H,5-6H2,1H3,(H2,10,16)(H,12,13). The predicted octanol–water partition coefficient (Wildman–Crippen LogP) is -0.323. The minimum atomic E-state index is -3.21. The Balaban J connectivity index is 2.58. The highest BCUT2D eigenvalue weighted by Gasteiger charge is 2.06. The summed E-state index contributed by atoms with van der Waals surface area (Å²) in [6.45, 7) is 0.261. The topological polar surface area (TPSA) is 97.1 Å². The Bertz CT molecular complexity index is 501. The van der Waals surface area contributed by atoms with Crippen LogP contribution in [0.25, 0.3) is 0 Å². The van der Waals surface area contributed by atoms with Gasteiger partial charge in [0.1, 0.15) is 10.8 Å². The van der Waals surface area contributed by atoms with E-state index in [0.717, 1.165) is 0 Å². The van der Waals surface area contributed by atoms with Gasteiger partial charge >= 0.3 is 0 Å². The van der Waals surface area contributed by atoms with Crippen LogP contribution >= 0.6 is 12.2 Å². The Morgan fingerprint density at radius 1 is 1.53 bits per heavy atom. The van der Waals surface area contributed by atoms with Crippen molar-refractivity contribution < 1.29 is 8.42 Å². The molecule has 0 saturated heterocycles. The lowest BCUT2D eigenvalue weighted by Crippen LogP contribution is -2.26. The summed E-state index contributed by atoms with van der Waals surface area (Å²) in [7, 11) is -1.83. The zero-order chi connectivity index (χ0) is 12.9. The molecule has 6 nitrogen and oxygen atoms in total. The monoisotopic (exact) mass is 274 g/mol. The molecule has 0 spiro atoms. The van der Waals surface area contributed by atoms with Gasteiger partial charge in [-0.15, -0.1) is 0 Å². The van der Waals surface area contributed by atoms with Crippen LogP contribution < -0.4 is 15.8 Å². The quantitative estimate of drug-likeness (QED) is 0.615. The Morgan fingerprint density at radius 2 is 2.24 bits per heavy atom. The molecule has 1 aromatic rings. The summed E-state index contributed by atoms with van der Waals surface area (Å²) in [5.74, 6) is 0.518. The molecule has 0 aliphatic rings. The molecule has 8 heteroatoms. The van der Waals surface area contributed by atoms with Crippen molar-refractivity contribution in [2.45, 2.75) is 0 Å². The molecule has 1 heterocycles. The fourth-order valence-corrected chi connectivity index (χ4v) is 1.77. The molecule has 0 aromatic carbocycles. The summed E-state index contributed by atoms with van der Waals surface area (Å²) in [6, 6.07) is 5.15. The number of rotatable bonds is 6. The van der Waals surface area contributed by atoms with E-state index >= 15 is 0 Å². The second-order valence-electron chi connectivity index (χ2n) is 3.22. The van der Waals surface area contributed by atoms with Crippen LogP contribution in [0.4, 0.5) is 5.82 Å². The van der Waals surface area contributed by atoms with Gasteiger partial charge in [-0.05, 0) is 19.2 Å². The van der Waals surface area contributed by atoms with Crippen LogP contribution in [0.15, 0.2) is 18.2 Å². The third kappa shape index (κ3) is 4.63. The van der Waals surface area contributed by atoms with Crippen LogP contribution in [0.2, 0.25) is 0 Å². The molecule has 0 aliphatic heterocycles. The Morgan fingerprint density at radius 3 is 2.82 bits per heavy atom. The van der Waals surface area contributed by atoms with Crippen LogP contribution in [-0.2, 0) is 10.0 Å². The Kier molecular flexibility index (Phi) is 4.79. The maximum atomic E-state index is 11.2. The number of hydrogen-bond donors (Lipinski definition) is 3. The van der Waals surface area contributed by atoms with E-state index in [1.807, 2.05) is 0 Å². The van der Waals surface area contributed by atoms with Crippen LogP contribution in [0.1, 0.15) is 5.69 Å². The lowest BCUT2D eigenvalue weighted by molar-refractivity contribution is 0.588. The molecule has 94 valence electrons. The van der Waals surface area contributed by atoms with E-state index in [0.29, 0.717) is 11.5 Å². The molecule has 0 bridgehead atoms. The number of nitrogens with zero attached hydrogens (tertiary/aromatic N) is 1. The van der Waals surface area contributed by atoms with Crippen molar-refractivity contribution in [3.63, 3.8) is 0 Å². The minimum Gasteiger partial charge on any atom is -0.388 e. The highest BCUT2D eigenvalue weighted by Crippen LogP contribution is 2.04. The molecule has 0 saturated carbocycles. The number of pyridine rings is 1. The van der Waals surface area contributed by atoms with Gasteiger partial charge in [-0.25, -0.2) is 18.1 Å². The molecular weight excluding hydrogens is 260 g/mol. The first kappa shape index (κ1) is 13.8. The van der Waals surface area contributed by atoms with Crippen molar-refractivity contribution in [2.24, 2.45) is 5.73 Å². The fraction of sp³-hybridized carbons (Fsp3) is 0.333. The number of sulfonamides is 1. The fourth-order valence-electron chi connectivity index (χ4n) is 1.09. The maximum absolute atomic E-state index is 11.2. The van der Waals surface area contributed by atoms with Gasteiger partial charge in [0.05, 0.1) is 11.4 Å². The third-order valence-electron chi connectivity index (χ3n) is 1.99. The van der Waals surface area contributed by atoms with E-state index in [9.17, 15) is 8.42 Å². The summed E-state index contributed by atoms with van der Waals surface area (Å²) < 4.78 is 24.5. The summed E-state index contributed by atoms with van der Waals surface area (Å²) in [5, 5.41) is 2.88. The molecule has 4 N–H and O–H groups in total. The lowest BCUT2D eigenvalue weighted by atomic mass is 10.3. The van der Waals surface area contributed by atoms with Crippen molar-refractivity contribution in [3.8, 4) is 0 Å². The highest BCUT2D eigenvalue weighted by molar-refractivity contribution is 7.89. The second-order valence-corrected chi connectivity index (χ2v) is 5.71. The van der Waals surface area contributed by atoms with Crippen LogP contribution in [-0.4, -0.2) is 37.7 Å². The SMILES string of the molecule is CNS(=O)(=O)CCNc1cccc(C(N)=S)n1. The van der Waals surface area contributed by atoms with Crippen LogP contribution in [0.5, 0.6) is 0 Å². The number of anilines is 1. The van der Waals surface area contributed by atoms with Crippen molar-refractivity contribution in [1.29, 1.82) is 0 Å². The molecule has 17 heavy (non-hydrogen) atoms. The van der Waals surface area contributed by atoms with Gasteiger partial charge in [-0.3, -0.25) is 0 Å². The highest BCUT2D eigenvalue weighted by atomic mass is 32.2.